The maximum absolute atomic E-state index is 14.2. The highest BCUT2D eigenvalue weighted by molar-refractivity contribution is 7.96. The Labute approximate surface area is 198 Å². The minimum Gasteiger partial charge on any atom is -0.497 e. The first-order valence-electron chi connectivity index (χ1n) is 10.6. The number of fused-ring (bicyclic) bond motifs is 2. The van der Waals surface area contributed by atoms with Crippen molar-refractivity contribution in [1.29, 1.82) is 5.26 Å². The number of nitrogens with zero attached hydrogens (tertiary/aromatic N) is 2. The first kappa shape index (κ1) is 21.6. The van der Waals surface area contributed by atoms with E-state index in [1.54, 1.807) is 49.6 Å². The summed E-state index contributed by atoms with van der Waals surface area (Å²) in [6, 6.07) is 25.5. The van der Waals surface area contributed by atoms with Crippen LogP contribution < -0.4 is 14.8 Å². The number of nitrogens with two attached hydrogens (primary N) is 1. The fraction of sp³-hybridized carbons (Fsp3) is 0.115. The number of methoxy groups -OCH3 is 1. The Hall–Kier alpha value is -4.22. The molecule has 7 nitrogen and oxygen atoms in total. The van der Waals surface area contributed by atoms with Gasteiger partial charge < -0.3 is 15.2 Å². The zero-order valence-corrected chi connectivity index (χ0v) is 19.1. The van der Waals surface area contributed by atoms with Crippen LogP contribution >= 0.6 is 0 Å². The summed E-state index contributed by atoms with van der Waals surface area (Å²) in [5.41, 5.74) is 8.72. The molecule has 2 N–H and O–H groups in total. The van der Waals surface area contributed by atoms with Gasteiger partial charge >= 0.3 is 0 Å². The van der Waals surface area contributed by atoms with Gasteiger partial charge in [-0.3, -0.25) is 4.31 Å². The number of sulfonamides is 1. The highest BCUT2D eigenvalue weighted by Gasteiger charge is 2.47. The largest absolute Gasteiger partial charge is 0.497 e. The molecule has 1 atom stereocenters. The zero-order valence-electron chi connectivity index (χ0n) is 18.3. The molecule has 0 radical (unpaired) electrons. The normalized spacial score (nSPS) is 18.5. The highest BCUT2D eigenvalue weighted by atomic mass is 32.2. The molecule has 34 heavy (non-hydrogen) atoms. The third-order valence-electron chi connectivity index (χ3n) is 5.98. The molecule has 0 aromatic heterocycles. The monoisotopic (exact) mass is 471 g/mol. The van der Waals surface area contributed by atoms with E-state index in [1.807, 2.05) is 36.4 Å². The van der Waals surface area contributed by atoms with Crippen molar-refractivity contribution in [1.82, 2.24) is 0 Å². The second-order valence-corrected chi connectivity index (χ2v) is 9.74. The van der Waals surface area contributed by atoms with Crippen LogP contribution in [0.3, 0.4) is 0 Å². The minimum absolute atomic E-state index is 0.00181. The van der Waals surface area contributed by atoms with Gasteiger partial charge in [0.15, 0.2) is 5.76 Å². The summed E-state index contributed by atoms with van der Waals surface area (Å²) in [6.07, 6.45) is 0. The number of nitriles is 1. The standard InChI is InChI=1S/C26H21N3O4S/c1-32-19-13-11-18(12-14-19)23-21(15-27)26(28)33-24-20-9-5-6-10-22(20)29(34(30,31)25(23)24)16-17-7-3-2-4-8-17/h2-14,23H,16,28H2,1H3/t23-/m1/s1. The summed E-state index contributed by atoms with van der Waals surface area (Å²) >= 11 is 0. The van der Waals surface area contributed by atoms with Crippen LogP contribution in [-0.2, 0) is 21.3 Å². The molecule has 0 bridgehead atoms. The molecule has 0 unspecified atom stereocenters. The van der Waals surface area contributed by atoms with Crippen LogP contribution in [0.1, 0.15) is 22.6 Å². The average molecular weight is 472 g/mol. The summed E-state index contributed by atoms with van der Waals surface area (Å²) in [5.74, 6) is -0.264. The van der Waals surface area contributed by atoms with Gasteiger partial charge in [0, 0.05) is 5.56 Å². The van der Waals surface area contributed by atoms with Crippen LogP contribution in [-0.4, -0.2) is 15.5 Å². The van der Waals surface area contributed by atoms with E-state index in [4.69, 9.17) is 15.2 Å². The number of hydrogen-bond acceptors (Lipinski definition) is 6. The lowest BCUT2D eigenvalue weighted by atomic mass is 9.88. The molecule has 2 heterocycles. The van der Waals surface area contributed by atoms with E-state index in [-0.39, 0.29) is 28.7 Å². The molecule has 0 saturated carbocycles. The average Bonchev–Trinajstić information content (AvgIpc) is 2.86. The van der Waals surface area contributed by atoms with Crippen LogP contribution in [0.25, 0.3) is 5.76 Å². The van der Waals surface area contributed by atoms with E-state index < -0.39 is 15.9 Å². The maximum atomic E-state index is 14.2. The van der Waals surface area contributed by atoms with Crippen molar-refractivity contribution in [3.05, 3.63) is 112 Å². The van der Waals surface area contributed by atoms with Crippen molar-refractivity contribution in [3.63, 3.8) is 0 Å². The van der Waals surface area contributed by atoms with Crippen LogP contribution in [0.5, 0.6) is 5.75 Å². The Kier molecular flexibility index (Phi) is 5.27. The molecular weight excluding hydrogens is 450 g/mol. The summed E-state index contributed by atoms with van der Waals surface area (Å²) in [4.78, 5) is -0.00181. The smallest absolute Gasteiger partial charge is 0.265 e. The SMILES string of the molecule is COc1ccc([C@@H]2C(C#N)=C(N)OC3=C2S(=O)(=O)N(Cc2ccccc2)c2ccccc23)cc1. The molecule has 170 valence electrons. The third kappa shape index (κ3) is 3.38. The van der Waals surface area contributed by atoms with Crippen LogP contribution in [0.2, 0.25) is 0 Å². The van der Waals surface area contributed by atoms with Gasteiger partial charge in [0.1, 0.15) is 22.3 Å². The Morgan fingerprint density at radius 3 is 2.38 bits per heavy atom. The van der Waals surface area contributed by atoms with Crippen molar-refractivity contribution >= 4 is 21.5 Å². The van der Waals surface area contributed by atoms with Gasteiger partial charge in [-0.1, -0.05) is 54.6 Å². The predicted octanol–water partition coefficient (Wildman–Crippen LogP) is 4.22. The van der Waals surface area contributed by atoms with Gasteiger partial charge in [0.25, 0.3) is 10.0 Å². The number of para-hydroxylation sites is 1. The van der Waals surface area contributed by atoms with Gasteiger partial charge in [-0.15, -0.1) is 0 Å². The van der Waals surface area contributed by atoms with E-state index in [9.17, 15) is 13.7 Å². The second kappa shape index (κ2) is 8.28. The Morgan fingerprint density at radius 1 is 1.03 bits per heavy atom. The first-order chi connectivity index (χ1) is 16.5. The quantitative estimate of drug-likeness (QED) is 0.611. The Bertz CT molecular complexity index is 1470. The van der Waals surface area contributed by atoms with Crippen molar-refractivity contribution in [2.24, 2.45) is 5.73 Å². The van der Waals surface area contributed by atoms with Crippen LogP contribution in [0.15, 0.2) is 95.2 Å². The Balaban J connectivity index is 1.75. The lowest BCUT2D eigenvalue weighted by molar-refractivity contribution is 0.357. The van der Waals surface area contributed by atoms with E-state index >= 15 is 0 Å². The number of rotatable bonds is 4. The molecule has 2 aliphatic rings. The lowest BCUT2D eigenvalue weighted by Crippen LogP contribution is -2.39. The number of allylic oxidation sites excluding steroid dienone is 2. The van der Waals surface area contributed by atoms with Crippen molar-refractivity contribution in [3.8, 4) is 11.8 Å². The highest BCUT2D eigenvalue weighted by Crippen LogP contribution is 2.51. The molecule has 3 aromatic rings. The fourth-order valence-electron chi connectivity index (χ4n) is 4.36. The minimum atomic E-state index is -4.10. The van der Waals surface area contributed by atoms with E-state index in [2.05, 4.69) is 6.07 Å². The van der Waals surface area contributed by atoms with Gasteiger partial charge in [0.05, 0.1) is 25.3 Å². The van der Waals surface area contributed by atoms with E-state index in [0.717, 1.165) is 5.56 Å². The molecule has 0 amide bonds. The van der Waals surface area contributed by atoms with Gasteiger partial charge in [-0.05, 0) is 35.4 Å². The third-order valence-corrected chi connectivity index (χ3v) is 7.86. The van der Waals surface area contributed by atoms with Gasteiger partial charge in [-0.2, -0.15) is 5.26 Å². The second-order valence-electron chi connectivity index (χ2n) is 7.91. The first-order valence-corrected chi connectivity index (χ1v) is 12.0. The van der Waals surface area contributed by atoms with E-state index in [1.165, 1.54) is 4.31 Å². The zero-order chi connectivity index (χ0) is 23.9. The summed E-state index contributed by atoms with van der Waals surface area (Å²) < 4.78 is 40.8. The molecule has 5 rings (SSSR count). The summed E-state index contributed by atoms with van der Waals surface area (Å²) in [5, 5.41) is 9.93. The maximum Gasteiger partial charge on any atom is 0.265 e. The Morgan fingerprint density at radius 2 is 1.71 bits per heavy atom. The van der Waals surface area contributed by atoms with E-state index in [0.29, 0.717) is 22.6 Å². The van der Waals surface area contributed by atoms with Gasteiger partial charge in [0.2, 0.25) is 5.88 Å². The number of ether oxygens (including phenoxy) is 2. The number of benzene rings is 3. The molecule has 2 aliphatic heterocycles. The number of anilines is 1. The van der Waals surface area contributed by atoms with Gasteiger partial charge in [-0.25, -0.2) is 8.42 Å². The van der Waals surface area contributed by atoms with Crippen molar-refractivity contribution in [2.75, 3.05) is 11.4 Å². The van der Waals surface area contributed by atoms with Crippen molar-refractivity contribution < 1.29 is 17.9 Å². The molecule has 0 spiro atoms. The van der Waals surface area contributed by atoms with Crippen LogP contribution in [0.4, 0.5) is 5.69 Å². The molecular formula is C26H21N3O4S. The summed E-state index contributed by atoms with van der Waals surface area (Å²) in [6.45, 7) is 0.132. The topological polar surface area (TPSA) is 106 Å². The predicted molar refractivity (Wildman–Crippen MR) is 129 cm³/mol. The van der Waals surface area contributed by atoms with Crippen molar-refractivity contribution in [2.45, 2.75) is 12.5 Å². The molecule has 0 fully saturated rings. The lowest BCUT2D eigenvalue weighted by Gasteiger charge is -2.38. The fourth-order valence-corrected chi connectivity index (χ4v) is 6.27. The molecule has 8 heteroatoms. The summed E-state index contributed by atoms with van der Waals surface area (Å²) in [7, 11) is -2.55. The molecule has 0 aliphatic carbocycles. The van der Waals surface area contributed by atoms with Crippen LogP contribution in [0, 0.1) is 11.3 Å². The molecule has 3 aromatic carbocycles. The number of hydrogen-bond donors (Lipinski definition) is 1. The molecule has 0 saturated heterocycles.